The van der Waals surface area contributed by atoms with Crippen molar-refractivity contribution in [3.63, 3.8) is 0 Å². The second kappa shape index (κ2) is 8.22. The molecule has 0 bridgehead atoms. The van der Waals surface area contributed by atoms with Crippen molar-refractivity contribution in [2.75, 3.05) is 0 Å². The number of hydrogen-bond donors (Lipinski definition) is 2. The molecule has 3 rings (SSSR count). The summed E-state index contributed by atoms with van der Waals surface area (Å²) in [5.74, 6) is 0.147. The fraction of sp³-hybridized carbons (Fsp3) is 0.211. The summed E-state index contributed by atoms with van der Waals surface area (Å²) in [6, 6.07) is 8.86. The maximum absolute atomic E-state index is 12.1. The molecule has 0 saturated heterocycles. The number of carbonyl (C=O) groups is 2. The van der Waals surface area contributed by atoms with Gasteiger partial charge in [-0.25, -0.2) is 4.79 Å². The normalized spacial score (nSPS) is 11.8. The van der Waals surface area contributed by atoms with Crippen molar-refractivity contribution in [1.29, 1.82) is 0 Å². The molecule has 0 aliphatic rings. The number of primary amides is 1. The van der Waals surface area contributed by atoms with Crippen LogP contribution in [0.2, 0.25) is 0 Å². The minimum atomic E-state index is -0.884. The Labute approximate surface area is 166 Å². The molecule has 0 spiro atoms. The lowest BCUT2D eigenvalue weighted by Gasteiger charge is -2.14. The Kier molecular flexibility index (Phi) is 5.74. The molecule has 0 fully saturated rings. The van der Waals surface area contributed by atoms with Crippen molar-refractivity contribution in [2.24, 2.45) is 5.73 Å². The van der Waals surface area contributed by atoms with Crippen LogP contribution in [0.25, 0.3) is 17.1 Å². The Morgan fingerprint density at radius 2 is 1.82 bits per heavy atom. The van der Waals surface area contributed by atoms with Gasteiger partial charge in [0.05, 0.1) is 10.9 Å². The van der Waals surface area contributed by atoms with Crippen molar-refractivity contribution in [2.45, 2.75) is 31.2 Å². The summed E-state index contributed by atoms with van der Waals surface area (Å²) in [6.45, 7) is 5.75. The van der Waals surface area contributed by atoms with Crippen LogP contribution in [0.4, 0.5) is 4.79 Å². The number of amides is 3. The highest BCUT2D eigenvalue weighted by atomic mass is 32.2. The molecule has 28 heavy (non-hydrogen) atoms. The SMILES string of the molecule is Cc1ccc(-n2c(S[C@@H](C)C(=O)NC(N)=O)nnc2-c2ccncc2)cc1C. The molecule has 0 unspecified atom stereocenters. The number of rotatable bonds is 5. The van der Waals surface area contributed by atoms with Gasteiger partial charge in [0, 0.05) is 18.0 Å². The average molecular weight is 396 g/mol. The number of thioether (sulfide) groups is 1. The largest absolute Gasteiger partial charge is 0.351 e. The molecule has 0 radical (unpaired) electrons. The van der Waals surface area contributed by atoms with Gasteiger partial charge < -0.3 is 5.73 Å². The first-order valence-corrected chi connectivity index (χ1v) is 9.45. The molecule has 2 aromatic heterocycles. The van der Waals surface area contributed by atoms with Gasteiger partial charge in [0.25, 0.3) is 0 Å². The minimum absolute atomic E-state index is 0.488. The van der Waals surface area contributed by atoms with Crippen LogP contribution >= 0.6 is 11.8 Å². The van der Waals surface area contributed by atoms with E-state index >= 15 is 0 Å². The van der Waals surface area contributed by atoms with E-state index in [9.17, 15) is 9.59 Å². The summed E-state index contributed by atoms with van der Waals surface area (Å²) in [5.41, 5.74) is 9.06. The van der Waals surface area contributed by atoms with Gasteiger partial charge in [-0.15, -0.1) is 10.2 Å². The van der Waals surface area contributed by atoms with E-state index in [1.54, 1.807) is 19.3 Å². The molecule has 0 aliphatic carbocycles. The van der Waals surface area contributed by atoms with Crippen molar-refractivity contribution in [1.82, 2.24) is 25.1 Å². The lowest BCUT2D eigenvalue weighted by molar-refractivity contribution is -0.119. The highest BCUT2D eigenvalue weighted by Gasteiger charge is 2.22. The lowest BCUT2D eigenvalue weighted by atomic mass is 10.1. The Morgan fingerprint density at radius 3 is 2.46 bits per heavy atom. The number of aromatic nitrogens is 4. The van der Waals surface area contributed by atoms with E-state index < -0.39 is 17.2 Å². The van der Waals surface area contributed by atoms with Crippen molar-refractivity contribution < 1.29 is 9.59 Å². The maximum atomic E-state index is 12.1. The van der Waals surface area contributed by atoms with E-state index in [0.717, 1.165) is 16.8 Å². The number of nitrogens with one attached hydrogen (secondary N) is 1. The molecule has 3 aromatic rings. The first kappa shape index (κ1) is 19.6. The van der Waals surface area contributed by atoms with Crippen LogP contribution in [0.15, 0.2) is 47.9 Å². The fourth-order valence-electron chi connectivity index (χ4n) is 2.57. The summed E-state index contributed by atoms with van der Waals surface area (Å²) in [7, 11) is 0. The monoisotopic (exact) mass is 396 g/mol. The molecule has 3 amide bonds. The summed E-state index contributed by atoms with van der Waals surface area (Å²) >= 11 is 1.19. The third-order valence-electron chi connectivity index (χ3n) is 4.22. The van der Waals surface area contributed by atoms with Gasteiger partial charge >= 0.3 is 6.03 Å². The molecular formula is C19H20N6O2S. The highest BCUT2D eigenvalue weighted by molar-refractivity contribution is 8.00. The molecule has 3 N–H and O–H groups in total. The highest BCUT2D eigenvalue weighted by Crippen LogP contribution is 2.30. The quantitative estimate of drug-likeness (QED) is 0.641. The smallest absolute Gasteiger partial charge is 0.318 e. The van der Waals surface area contributed by atoms with Gasteiger partial charge in [-0.05, 0) is 56.2 Å². The second-order valence-corrected chi connectivity index (χ2v) is 7.57. The molecule has 1 aromatic carbocycles. The van der Waals surface area contributed by atoms with Crippen molar-refractivity contribution in [3.8, 4) is 17.1 Å². The Bertz CT molecular complexity index is 1020. The third kappa shape index (κ3) is 4.20. The predicted molar refractivity (Wildman–Crippen MR) is 107 cm³/mol. The zero-order chi connectivity index (χ0) is 20.3. The van der Waals surface area contributed by atoms with E-state index in [2.05, 4.69) is 20.5 Å². The van der Waals surface area contributed by atoms with Crippen molar-refractivity contribution in [3.05, 3.63) is 53.9 Å². The predicted octanol–water partition coefficient (Wildman–Crippen LogP) is 2.62. The molecule has 1 atom stereocenters. The standard InChI is InChI=1S/C19H20N6O2S/c1-11-4-5-15(10-12(11)2)25-16(14-6-8-21-9-7-14)23-24-19(25)28-13(3)17(26)22-18(20)27/h4-10,13H,1-3H3,(H3,20,22,26,27)/t13-/m0/s1. The Morgan fingerprint density at radius 1 is 1.11 bits per heavy atom. The number of urea groups is 1. The molecule has 8 nitrogen and oxygen atoms in total. The molecule has 144 valence electrons. The molecule has 0 saturated carbocycles. The Balaban J connectivity index is 2.05. The number of hydrogen-bond acceptors (Lipinski definition) is 6. The van der Waals surface area contributed by atoms with Crippen molar-refractivity contribution >= 4 is 23.7 Å². The zero-order valence-electron chi connectivity index (χ0n) is 15.7. The summed E-state index contributed by atoms with van der Waals surface area (Å²) in [5, 5.41) is 10.6. The van der Waals surface area contributed by atoms with Gasteiger partial charge in [-0.3, -0.25) is 19.7 Å². The van der Waals surface area contributed by atoms with E-state index in [1.807, 2.05) is 48.7 Å². The summed E-state index contributed by atoms with van der Waals surface area (Å²) in [6.07, 6.45) is 3.37. The molecular weight excluding hydrogens is 376 g/mol. The van der Waals surface area contributed by atoms with E-state index in [1.165, 1.54) is 17.3 Å². The van der Waals surface area contributed by atoms with Gasteiger partial charge in [0.1, 0.15) is 0 Å². The van der Waals surface area contributed by atoms with Crippen LogP contribution in [0, 0.1) is 13.8 Å². The van der Waals surface area contributed by atoms with E-state index in [0.29, 0.717) is 11.0 Å². The second-order valence-electron chi connectivity index (χ2n) is 6.26. The van der Waals surface area contributed by atoms with Crippen LogP contribution in [0.5, 0.6) is 0 Å². The van der Waals surface area contributed by atoms with Crippen LogP contribution in [-0.4, -0.2) is 36.9 Å². The van der Waals surface area contributed by atoms with Crippen LogP contribution in [0.3, 0.4) is 0 Å². The third-order valence-corrected chi connectivity index (χ3v) is 5.26. The maximum Gasteiger partial charge on any atom is 0.318 e. The van der Waals surface area contributed by atoms with Crippen LogP contribution in [-0.2, 0) is 4.79 Å². The number of imide groups is 1. The molecule has 2 heterocycles. The topological polar surface area (TPSA) is 116 Å². The summed E-state index contributed by atoms with van der Waals surface area (Å²) in [4.78, 5) is 27.1. The van der Waals surface area contributed by atoms with E-state index in [4.69, 9.17) is 5.73 Å². The number of aryl methyl sites for hydroxylation is 2. The molecule has 9 heteroatoms. The fourth-order valence-corrected chi connectivity index (χ4v) is 3.43. The number of benzene rings is 1. The summed E-state index contributed by atoms with van der Waals surface area (Å²) < 4.78 is 1.89. The number of nitrogens with zero attached hydrogens (tertiary/aromatic N) is 4. The average Bonchev–Trinajstić information content (AvgIpc) is 3.07. The molecule has 0 aliphatic heterocycles. The number of nitrogens with two attached hydrogens (primary N) is 1. The minimum Gasteiger partial charge on any atom is -0.351 e. The van der Waals surface area contributed by atoms with Gasteiger partial charge in [0.2, 0.25) is 5.91 Å². The first-order valence-electron chi connectivity index (χ1n) is 8.57. The van der Waals surface area contributed by atoms with Gasteiger partial charge in [0.15, 0.2) is 11.0 Å². The number of carbonyl (C=O) groups excluding carboxylic acids is 2. The van der Waals surface area contributed by atoms with Crippen LogP contribution in [0.1, 0.15) is 18.1 Å². The van der Waals surface area contributed by atoms with E-state index in [-0.39, 0.29) is 0 Å². The Hall–Kier alpha value is -3.20. The van der Waals surface area contributed by atoms with Gasteiger partial charge in [-0.1, -0.05) is 17.8 Å². The zero-order valence-corrected chi connectivity index (χ0v) is 16.5. The number of pyridine rings is 1. The van der Waals surface area contributed by atoms with Crippen LogP contribution < -0.4 is 11.1 Å². The van der Waals surface area contributed by atoms with Gasteiger partial charge in [-0.2, -0.15) is 0 Å². The first-order chi connectivity index (χ1) is 13.4. The lowest BCUT2D eigenvalue weighted by Crippen LogP contribution is -2.39.